The number of ether oxygens (including phenoxy) is 1. The normalized spacial score (nSPS) is 22.1. The standard InChI is InChI=1S/C31H35N5O2S.C29H31N5O2/c1-31(2)27-12-9-22(16-28(27)39(38)35-31)29-26-15-23(17-32-30(26)34-33-29)21-6-5-19-7-10-24(11-8-20(19)14-21)36-13-3-4-25(36)18-37;30-27(21-6-8-24-26(16-21)36-12-9-32-29(24)35)25-15-22(17-33-28(25)31)19-3-4-20-14-23(7-5-18(20)13-19)34-10-1-2-11-34/h5-6,9,12,14-17,24-25,35,37H,3-4,7-8,10-11,13,18H2,1-2H3,(H,32,33,34);3-4,6,8,13,15-17,23,30H,1-2,5,7,9-12,14H2,(H2,31,33)(H,32,35). The Kier molecular flexibility index (Phi) is 13.5. The number of aromatic amines is 1. The number of nitrogen functional groups attached to an aromatic ring is 1. The summed E-state index contributed by atoms with van der Waals surface area (Å²) < 4.78 is 21.6. The molecule has 3 aromatic heterocycles. The number of rotatable bonds is 8. The number of nitrogens with one attached hydrogen (secondary N) is 4. The molecule has 1 amide bonds. The molecule has 13 rings (SSSR count). The molecule has 4 atom stereocenters. The number of benzene rings is 4. The van der Waals surface area contributed by atoms with Crippen molar-refractivity contribution in [1.29, 1.82) is 5.41 Å². The molecular weight excluding hydrogens is 957 g/mol. The highest BCUT2D eigenvalue weighted by Crippen LogP contribution is 2.39. The Morgan fingerprint density at radius 2 is 1.52 bits per heavy atom. The number of likely N-dealkylation sites (tertiary alicyclic amines) is 2. The molecule has 15 heteroatoms. The predicted octanol–water partition coefficient (Wildman–Crippen LogP) is 8.68. The van der Waals surface area contributed by atoms with Crippen molar-refractivity contribution in [2.75, 3.05) is 45.1 Å². The average Bonchev–Trinajstić information content (AvgIpc) is 4.24. The van der Waals surface area contributed by atoms with Crippen LogP contribution in [0.25, 0.3) is 44.5 Å². The van der Waals surface area contributed by atoms with E-state index in [1.54, 1.807) is 24.4 Å². The van der Waals surface area contributed by atoms with Crippen LogP contribution in [0.15, 0.2) is 102 Å². The molecule has 6 aliphatic rings. The van der Waals surface area contributed by atoms with Gasteiger partial charge in [0.25, 0.3) is 5.91 Å². The lowest BCUT2D eigenvalue weighted by Gasteiger charge is -2.32. The third-order valence-electron chi connectivity index (χ3n) is 16.8. The number of hydrogen-bond donors (Lipinski definition) is 6. The molecule has 0 radical (unpaired) electrons. The van der Waals surface area contributed by atoms with Crippen LogP contribution in [0.3, 0.4) is 0 Å². The molecule has 0 bridgehead atoms. The van der Waals surface area contributed by atoms with Gasteiger partial charge in [-0.2, -0.15) is 5.10 Å². The fraction of sp³-hybridized carbons (Fsp3) is 0.383. The van der Waals surface area contributed by atoms with Crippen LogP contribution < -0.4 is 20.5 Å². The van der Waals surface area contributed by atoms with E-state index in [0.717, 1.165) is 95.3 Å². The molecule has 2 aliphatic carbocycles. The Morgan fingerprint density at radius 1 is 0.800 bits per heavy atom. The van der Waals surface area contributed by atoms with Gasteiger partial charge in [0.15, 0.2) is 5.65 Å². The summed E-state index contributed by atoms with van der Waals surface area (Å²) in [5, 5.41) is 30.1. The van der Waals surface area contributed by atoms with Crippen molar-refractivity contribution in [3.05, 3.63) is 142 Å². The number of carbonyl (C=O) groups excluding carboxylic acids is 1. The molecule has 4 aromatic carbocycles. The van der Waals surface area contributed by atoms with Crippen molar-refractivity contribution in [3.63, 3.8) is 0 Å². The second-order valence-electron chi connectivity index (χ2n) is 21.8. The van der Waals surface area contributed by atoms with Gasteiger partial charge in [0.2, 0.25) is 0 Å². The summed E-state index contributed by atoms with van der Waals surface area (Å²) in [4.78, 5) is 27.4. The summed E-state index contributed by atoms with van der Waals surface area (Å²) in [6.07, 6.45) is 16.6. The van der Waals surface area contributed by atoms with E-state index in [-0.39, 0.29) is 23.8 Å². The highest BCUT2D eigenvalue weighted by molar-refractivity contribution is 7.83. The number of aliphatic hydroxyl groups excluding tert-OH is 1. The van der Waals surface area contributed by atoms with Gasteiger partial charge in [-0.15, -0.1) is 0 Å². The number of pyridine rings is 2. The van der Waals surface area contributed by atoms with E-state index in [1.807, 2.05) is 18.3 Å². The summed E-state index contributed by atoms with van der Waals surface area (Å²) in [5.74, 6) is 0.628. The first-order valence-electron chi connectivity index (χ1n) is 26.9. The van der Waals surface area contributed by atoms with Crippen molar-refractivity contribution in [1.82, 2.24) is 40.0 Å². The van der Waals surface area contributed by atoms with E-state index in [4.69, 9.17) is 15.9 Å². The lowest BCUT2D eigenvalue weighted by Crippen LogP contribution is -2.41. The topological polar surface area (TPSA) is 198 Å². The molecule has 2 fully saturated rings. The zero-order valence-electron chi connectivity index (χ0n) is 42.9. The van der Waals surface area contributed by atoms with Crippen LogP contribution in [-0.2, 0) is 42.2 Å². The van der Waals surface area contributed by atoms with Gasteiger partial charge in [0.1, 0.15) is 29.2 Å². The molecule has 2 saturated heterocycles. The first kappa shape index (κ1) is 49.3. The second-order valence-corrected chi connectivity index (χ2v) is 23.0. The van der Waals surface area contributed by atoms with E-state index < -0.39 is 11.0 Å². The van der Waals surface area contributed by atoms with Crippen molar-refractivity contribution in [2.24, 2.45) is 0 Å². The minimum absolute atomic E-state index is 0.164. The SMILES string of the molecule is CC1(C)NS(=O)c2cc(-c3[nH]nc4ncc(-c5ccc6c(c5)CCC(N5CCCC5CO)CC6)cc34)ccc21.N=C(c1ccc2c(c1)OCCNC2=O)c1cc(-c2ccc3c(c2)CCC(N2CCCC2)C3)cnc1N. The molecule has 75 heavy (non-hydrogen) atoms. The van der Waals surface area contributed by atoms with Crippen molar-refractivity contribution in [3.8, 4) is 39.3 Å². The van der Waals surface area contributed by atoms with Crippen LogP contribution in [0.5, 0.6) is 5.75 Å². The molecule has 0 spiro atoms. The average molecular weight is 1020 g/mol. The number of H-pyrrole nitrogens is 1. The van der Waals surface area contributed by atoms with Crippen LogP contribution in [0.1, 0.15) is 108 Å². The fourth-order valence-corrected chi connectivity index (χ4v) is 14.1. The summed E-state index contributed by atoms with van der Waals surface area (Å²) in [6.45, 7) is 8.84. The zero-order valence-corrected chi connectivity index (χ0v) is 43.7. The number of amides is 1. The number of aliphatic hydroxyl groups is 1. The molecule has 7 heterocycles. The van der Waals surface area contributed by atoms with E-state index in [2.05, 4.69) is 108 Å². The van der Waals surface area contributed by atoms with Crippen LogP contribution in [-0.4, -0.2) is 108 Å². The monoisotopic (exact) mass is 1020 g/mol. The molecule has 4 aliphatic heterocycles. The lowest BCUT2D eigenvalue weighted by molar-refractivity contribution is 0.0957. The van der Waals surface area contributed by atoms with Crippen molar-refractivity contribution >= 4 is 39.5 Å². The van der Waals surface area contributed by atoms with Gasteiger partial charge in [-0.1, -0.05) is 54.6 Å². The number of carbonyl (C=O) groups is 1. The molecular formula is C60H66N10O4S. The lowest BCUT2D eigenvalue weighted by atomic mass is 9.85. The molecule has 7 aromatic rings. The molecule has 14 nitrogen and oxygen atoms in total. The van der Waals surface area contributed by atoms with Crippen LogP contribution in [0.2, 0.25) is 0 Å². The zero-order chi connectivity index (χ0) is 51.4. The first-order chi connectivity index (χ1) is 36.5. The second kappa shape index (κ2) is 20.5. The minimum atomic E-state index is -1.23. The Bertz CT molecular complexity index is 3380. The molecule has 4 unspecified atom stereocenters. The highest BCUT2D eigenvalue weighted by atomic mass is 32.2. The maximum absolute atomic E-state index is 12.7. The Hall–Kier alpha value is -6.62. The third kappa shape index (κ3) is 9.69. The number of anilines is 1. The summed E-state index contributed by atoms with van der Waals surface area (Å²) >= 11 is 0. The number of fused-ring (bicyclic) bond motifs is 5. The molecule has 7 N–H and O–H groups in total. The van der Waals surface area contributed by atoms with Crippen molar-refractivity contribution in [2.45, 2.75) is 113 Å². The van der Waals surface area contributed by atoms with E-state index in [1.165, 1.54) is 66.6 Å². The van der Waals surface area contributed by atoms with Gasteiger partial charge in [0, 0.05) is 63.7 Å². The van der Waals surface area contributed by atoms with E-state index >= 15 is 0 Å². The highest BCUT2D eigenvalue weighted by Gasteiger charge is 2.35. The molecule has 0 saturated carbocycles. The summed E-state index contributed by atoms with van der Waals surface area (Å²) in [5.41, 5.74) is 21.5. The van der Waals surface area contributed by atoms with Gasteiger partial charge in [-0.3, -0.25) is 20.2 Å². The van der Waals surface area contributed by atoms with Gasteiger partial charge < -0.3 is 25.8 Å². The van der Waals surface area contributed by atoms with Gasteiger partial charge >= 0.3 is 0 Å². The Labute approximate surface area is 441 Å². The number of aryl methyl sites for hydroxylation is 3. The minimum Gasteiger partial charge on any atom is -0.491 e. The quantitative estimate of drug-likeness (QED) is 0.0633. The summed E-state index contributed by atoms with van der Waals surface area (Å²) in [6, 6.07) is 30.6. The van der Waals surface area contributed by atoms with E-state index in [9.17, 15) is 14.1 Å². The van der Waals surface area contributed by atoms with Gasteiger partial charge in [-0.05, 0) is 173 Å². The number of aromatic nitrogens is 4. The fourth-order valence-electron chi connectivity index (χ4n) is 12.6. The maximum Gasteiger partial charge on any atom is 0.255 e. The van der Waals surface area contributed by atoms with Gasteiger partial charge in [0.05, 0.1) is 40.6 Å². The largest absolute Gasteiger partial charge is 0.491 e. The smallest absolute Gasteiger partial charge is 0.255 e. The first-order valence-corrected chi connectivity index (χ1v) is 28.1. The Balaban J connectivity index is 0.000000152. The van der Waals surface area contributed by atoms with E-state index in [0.29, 0.717) is 65.2 Å². The van der Waals surface area contributed by atoms with Crippen LogP contribution >= 0.6 is 0 Å². The predicted molar refractivity (Wildman–Crippen MR) is 295 cm³/mol. The number of nitrogens with zero attached hydrogens (tertiary/aromatic N) is 5. The van der Waals surface area contributed by atoms with Crippen molar-refractivity contribution < 1.29 is 18.8 Å². The third-order valence-corrected chi connectivity index (χ3v) is 18.2. The Morgan fingerprint density at radius 3 is 2.32 bits per heavy atom. The van der Waals surface area contributed by atoms with Gasteiger partial charge in [-0.25, -0.2) is 18.9 Å². The summed E-state index contributed by atoms with van der Waals surface area (Å²) in [7, 11) is -1.23. The molecule has 386 valence electrons. The number of hydrogen-bond acceptors (Lipinski definition) is 11. The maximum atomic E-state index is 12.7. The number of nitrogens with two attached hydrogens (primary N) is 1. The van der Waals surface area contributed by atoms with Crippen LogP contribution in [0.4, 0.5) is 5.82 Å². The van der Waals surface area contributed by atoms with Crippen LogP contribution in [0, 0.1) is 5.41 Å².